The van der Waals surface area contributed by atoms with Crippen molar-refractivity contribution in [2.75, 3.05) is 0 Å². The summed E-state index contributed by atoms with van der Waals surface area (Å²) in [5.74, 6) is 0. The van der Waals surface area contributed by atoms with E-state index in [1.807, 2.05) is 25.1 Å². The minimum atomic E-state index is -3.51. The second-order valence-electron chi connectivity index (χ2n) is 4.85. The second-order valence-corrected chi connectivity index (χ2v) is 6.62. The molecule has 0 amide bonds. The maximum absolute atomic E-state index is 12.3. The van der Waals surface area contributed by atoms with E-state index in [4.69, 9.17) is 0 Å². The van der Waals surface area contributed by atoms with Crippen LogP contribution in [0.5, 0.6) is 0 Å². The molecule has 2 N–H and O–H groups in total. The molecule has 0 unspecified atom stereocenters. The molecule has 21 heavy (non-hydrogen) atoms. The minimum Gasteiger partial charge on any atom is -0.346 e. The molecule has 6 heteroatoms. The van der Waals surface area contributed by atoms with Crippen LogP contribution in [-0.2, 0) is 16.6 Å². The number of sulfonamides is 1. The zero-order chi connectivity index (χ0) is 14.9. The highest BCUT2D eigenvalue weighted by Crippen LogP contribution is 2.16. The van der Waals surface area contributed by atoms with Crippen molar-refractivity contribution in [1.29, 1.82) is 0 Å². The van der Waals surface area contributed by atoms with Gasteiger partial charge >= 0.3 is 0 Å². The Morgan fingerprint density at radius 1 is 1.24 bits per heavy atom. The number of aromatic nitrogens is 2. The highest BCUT2D eigenvalue weighted by Gasteiger charge is 2.14. The summed E-state index contributed by atoms with van der Waals surface area (Å²) in [6.07, 6.45) is 3.45. The second kappa shape index (κ2) is 5.31. The Morgan fingerprint density at radius 2 is 2.10 bits per heavy atom. The Bertz CT molecular complexity index is 885. The van der Waals surface area contributed by atoms with Crippen molar-refractivity contribution >= 4 is 21.1 Å². The molecule has 0 saturated heterocycles. The quantitative estimate of drug-likeness (QED) is 0.776. The van der Waals surface area contributed by atoms with Gasteiger partial charge < -0.3 is 4.98 Å². The summed E-state index contributed by atoms with van der Waals surface area (Å²) in [5.41, 5.74) is 2.55. The zero-order valence-corrected chi connectivity index (χ0v) is 12.3. The summed E-state index contributed by atoms with van der Waals surface area (Å²) in [7, 11) is -3.51. The summed E-state index contributed by atoms with van der Waals surface area (Å²) in [5, 5.41) is 0.921. The zero-order valence-electron chi connectivity index (χ0n) is 11.5. The Balaban J connectivity index is 1.85. The average molecular weight is 301 g/mol. The third-order valence-corrected chi connectivity index (χ3v) is 4.70. The number of hydrogen-bond acceptors (Lipinski definition) is 3. The number of fused-ring (bicyclic) bond motifs is 1. The van der Waals surface area contributed by atoms with Crippen molar-refractivity contribution < 1.29 is 8.42 Å². The standard InChI is InChI=1S/C15H15N3O2S/c1-11-3-2-4-13(9-11)21(19,20)18-10-12-5-7-16-15-14(12)6-8-17-15/h2-9,18H,10H2,1H3,(H,16,17). The fourth-order valence-electron chi connectivity index (χ4n) is 2.21. The van der Waals surface area contributed by atoms with Crippen LogP contribution in [0.3, 0.4) is 0 Å². The van der Waals surface area contributed by atoms with Gasteiger partial charge in [-0.25, -0.2) is 18.1 Å². The monoisotopic (exact) mass is 301 g/mol. The topological polar surface area (TPSA) is 74.8 Å². The molecule has 0 aliphatic rings. The summed E-state index contributed by atoms with van der Waals surface area (Å²) in [6, 6.07) is 10.5. The molecule has 0 bridgehead atoms. The van der Waals surface area contributed by atoms with Crippen LogP contribution in [0.25, 0.3) is 11.0 Å². The lowest BCUT2D eigenvalue weighted by Crippen LogP contribution is -2.23. The lowest BCUT2D eigenvalue weighted by Gasteiger charge is -2.08. The molecular weight excluding hydrogens is 286 g/mol. The van der Waals surface area contributed by atoms with Crippen LogP contribution in [0.2, 0.25) is 0 Å². The van der Waals surface area contributed by atoms with Gasteiger partial charge in [-0.2, -0.15) is 0 Å². The van der Waals surface area contributed by atoms with Gasteiger partial charge in [-0.3, -0.25) is 0 Å². The van der Waals surface area contributed by atoms with E-state index in [0.29, 0.717) is 0 Å². The largest absolute Gasteiger partial charge is 0.346 e. The fraction of sp³-hybridized carbons (Fsp3) is 0.133. The smallest absolute Gasteiger partial charge is 0.240 e. The first-order valence-corrected chi connectivity index (χ1v) is 8.02. The predicted molar refractivity (Wildman–Crippen MR) is 81.3 cm³/mol. The summed E-state index contributed by atoms with van der Waals surface area (Å²) in [6.45, 7) is 2.10. The first-order chi connectivity index (χ1) is 10.1. The van der Waals surface area contributed by atoms with E-state index in [-0.39, 0.29) is 11.4 Å². The molecule has 0 aliphatic carbocycles. The third kappa shape index (κ3) is 2.81. The number of benzene rings is 1. The summed E-state index contributed by atoms with van der Waals surface area (Å²) >= 11 is 0. The first kappa shape index (κ1) is 13.8. The number of hydrogen-bond donors (Lipinski definition) is 2. The summed E-state index contributed by atoms with van der Waals surface area (Å²) in [4.78, 5) is 7.47. The Hall–Kier alpha value is -2.18. The van der Waals surface area contributed by atoms with Gasteiger partial charge in [0.1, 0.15) is 5.65 Å². The van der Waals surface area contributed by atoms with Gasteiger partial charge in [0.25, 0.3) is 0 Å². The molecule has 3 rings (SSSR count). The van der Waals surface area contributed by atoms with Crippen LogP contribution in [0.15, 0.2) is 53.7 Å². The van der Waals surface area contributed by atoms with E-state index in [1.54, 1.807) is 30.6 Å². The molecular formula is C15H15N3O2S. The molecule has 0 saturated carbocycles. The Labute approximate surface area is 123 Å². The third-order valence-electron chi connectivity index (χ3n) is 3.30. The van der Waals surface area contributed by atoms with Crippen LogP contribution in [-0.4, -0.2) is 18.4 Å². The van der Waals surface area contributed by atoms with E-state index < -0.39 is 10.0 Å². The Kier molecular flexibility index (Phi) is 3.48. The molecule has 2 aromatic heterocycles. The molecule has 0 fully saturated rings. The van der Waals surface area contributed by atoms with Gasteiger partial charge in [-0.05, 0) is 42.3 Å². The van der Waals surface area contributed by atoms with Crippen molar-refractivity contribution in [2.45, 2.75) is 18.4 Å². The number of aryl methyl sites for hydroxylation is 1. The van der Waals surface area contributed by atoms with Crippen molar-refractivity contribution in [3.8, 4) is 0 Å². The van der Waals surface area contributed by atoms with Crippen molar-refractivity contribution in [1.82, 2.24) is 14.7 Å². The number of nitrogens with zero attached hydrogens (tertiary/aromatic N) is 1. The van der Waals surface area contributed by atoms with E-state index in [9.17, 15) is 8.42 Å². The molecule has 0 radical (unpaired) electrons. The molecule has 3 aromatic rings. The number of rotatable bonds is 4. The van der Waals surface area contributed by atoms with E-state index in [2.05, 4.69) is 14.7 Å². The van der Waals surface area contributed by atoms with Crippen LogP contribution in [0.1, 0.15) is 11.1 Å². The maximum atomic E-state index is 12.3. The van der Waals surface area contributed by atoms with Crippen LogP contribution in [0, 0.1) is 6.92 Å². The van der Waals surface area contributed by atoms with E-state index >= 15 is 0 Å². The SMILES string of the molecule is Cc1cccc(S(=O)(=O)NCc2ccnc3[nH]ccc23)c1. The van der Waals surface area contributed by atoms with E-state index in [0.717, 1.165) is 22.2 Å². The van der Waals surface area contributed by atoms with Crippen LogP contribution < -0.4 is 4.72 Å². The lowest BCUT2D eigenvalue weighted by atomic mass is 10.2. The molecule has 0 spiro atoms. The Morgan fingerprint density at radius 3 is 2.90 bits per heavy atom. The van der Waals surface area contributed by atoms with Gasteiger partial charge in [0.15, 0.2) is 0 Å². The van der Waals surface area contributed by atoms with Crippen LogP contribution in [0.4, 0.5) is 0 Å². The fourth-order valence-corrected chi connectivity index (χ4v) is 3.32. The summed E-state index contributed by atoms with van der Waals surface area (Å²) < 4.78 is 27.2. The average Bonchev–Trinajstić information content (AvgIpc) is 2.94. The van der Waals surface area contributed by atoms with Gasteiger partial charge in [-0.1, -0.05) is 12.1 Å². The highest BCUT2D eigenvalue weighted by atomic mass is 32.2. The molecule has 108 valence electrons. The maximum Gasteiger partial charge on any atom is 0.240 e. The van der Waals surface area contributed by atoms with Gasteiger partial charge in [-0.15, -0.1) is 0 Å². The van der Waals surface area contributed by atoms with Gasteiger partial charge in [0, 0.05) is 24.3 Å². The minimum absolute atomic E-state index is 0.229. The number of aromatic amines is 1. The highest BCUT2D eigenvalue weighted by molar-refractivity contribution is 7.89. The molecule has 1 aromatic carbocycles. The first-order valence-electron chi connectivity index (χ1n) is 6.53. The number of pyridine rings is 1. The van der Waals surface area contributed by atoms with Gasteiger partial charge in [0.2, 0.25) is 10.0 Å². The molecule has 0 atom stereocenters. The van der Waals surface area contributed by atoms with Crippen molar-refractivity contribution in [2.24, 2.45) is 0 Å². The molecule has 5 nitrogen and oxygen atoms in total. The van der Waals surface area contributed by atoms with Crippen molar-refractivity contribution in [3.05, 3.63) is 59.9 Å². The number of H-pyrrole nitrogens is 1. The van der Waals surface area contributed by atoms with E-state index in [1.165, 1.54) is 0 Å². The van der Waals surface area contributed by atoms with Crippen molar-refractivity contribution in [3.63, 3.8) is 0 Å². The van der Waals surface area contributed by atoms with Crippen LogP contribution >= 0.6 is 0 Å². The molecule has 2 heterocycles. The normalized spacial score (nSPS) is 11.9. The lowest BCUT2D eigenvalue weighted by molar-refractivity contribution is 0.581. The predicted octanol–water partition coefficient (Wildman–Crippen LogP) is 2.35. The molecule has 0 aliphatic heterocycles. The van der Waals surface area contributed by atoms with Gasteiger partial charge in [0.05, 0.1) is 4.90 Å². The number of nitrogens with one attached hydrogen (secondary N) is 2.